The van der Waals surface area contributed by atoms with Crippen LogP contribution >= 0.6 is 0 Å². The summed E-state index contributed by atoms with van der Waals surface area (Å²) in [5, 5.41) is 14.3. The fourth-order valence-corrected chi connectivity index (χ4v) is 3.64. The van der Waals surface area contributed by atoms with Gasteiger partial charge in [-0.2, -0.15) is 5.10 Å². The number of carbonyl (C=O) groups is 1. The molecule has 0 radical (unpaired) electrons. The van der Waals surface area contributed by atoms with Gasteiger partial charge in [0.25, 0.3) is 0 Å². The number of aromatic amines is 1. The number of H-pyrrole nitrogens is 1. The van der Waals surface area contributed by atoms with Gasteiger partial charge in [-0.15, -0.1) is 0 Å². The van der Waals surface area contributed by atoms with E-state index >= 15 is 0 Å². The van der Waals surface area contributed by atoms with Crippen molar-refractivity contribution in [2.75, 3.05) is 6.54 Å². The van der Waals surface area contributed by atoms with E-state index in [-0.39, 0.29) is 12.1 Å². The highest BCUT2D eigenvalue weighted by Gasteiger charge is 2.32. The van der Waals surface area contributed by atoms with Crippen molar-refractivity contribution in [3.63, 3.8) is 0 Å². The number of amides is 2. The van der Waals surface area contributed by atoms with Crippen molar-refractivity contribution in [1.29, 1.82) is 0 Å². The molecule has 2 amide bonds. The maximum Gasteiger partial charge on any atom is 0.318 e. The zero-order valence-corrected chi connectivity index (χ0v) is 13.3. The number of rotatable bonds is 3. The van der Waals surface area contributed by atoms with E-state index in [4.69, 9.17) is 4.52 Å². The van der Waals surface area contributed by atoms with Crippen molar-refractivity contribution in [2.24, 2.45) is 0 Å². The van der Waals surface area contributed by atoms with Gasteiger partial charge in [0.2, 0.25) is 0 Å². The van der Waals surface area contributed by atoms with Crippen molar-refractivity contribution >= 4 is 6.03 Å². The van der Waals surface area contributed by atoms with E-state index in [0.29, 0.717) is 6.54 Å². The van der Waals surface area contributed by atoms with Gasteiger partial charge in [-0.1, -0.05) is 5.16 Å². The van der Waals surface area contributed by atoms with Gasteiger partial charge >= 0.3 is 6.03 Å². The lowest BCUT2D eigenvalue weighted by molar-refractivity contribution is 0.182. The average molecular weight is 315 g/mol. The first-order valence-electron chi connectivity index (χ1n) is 8.25. The van der Waals surface area contributed by atoms with Crippen LogP contribution in [0.3, 0.4) is 0 Å². The van der Waals surface area contributed by atoms with Crippen LogP contribution in [0, 0.1) is 6.92 Å². The van der Waals surface area contributed by atoms with Crippen LogP contribution in [0.5, 0.6) is 0 Å². The molecule has 2 aromatic heterocycles. The molecule has 122 valence electrons. The van der Waals surface area contributed by atoms with Gasteiger partial charge in [-0.25, -0.2) is 4.79 Å². The number of carbonyl (C=O) groups excluding carboxylic acids is 1. The normalized spacial score (nSPS) is 20.0. The van der Waals surface area contributed by atoms with Crippen LogP contribution in [0.2, 0.25) is 0 Å². The molecule has 1 aliphatic heterocycles. The molecule has 2 aromatic rings. The molecule has 0 aromatic carbocycles. The van der Waals surface area contributed by atoms with Crippen LogP contribution in [-0.2, 0) is 19.4 Å². The van der Waals surface area contributed by atoms with E-state index in [2.05, 4.69) is 20.7 Å². The molecule has 0 spiro atoms. The van der Waals surface area contributed by atoms with E-state index in [1.165, 1.54) is 17.7 Å². The predicted molar refractivity (Wildman–Crippen MR) is 82.8 cm³/mol. The molecule has 2 aliphatic rings. The Labute approximate surface area is 134 Å². The minimum atomic E-state index is -0.0590. The van der Waals surface area contributed by atoms with Crippen molar-refractivity contribution in [1.82, 2.24) is 25.6 Å². The van der Waals surface area contributed by atoms with Crippen LogP contribution < -0.4 is 5.32 Å². The Morgan fingerprint density at radius 2 is 2.39 bits per heavy atom. The molecular formula is C16H21N5O2. The summed E-state index contributed by atoms with van der Waals surface area (Å²) in [6.07, 6.45) is 5.19. The molecule has 7 heteroatoms. The molecule has 1 aliphatic carbocycles. The highest BCUT2D eigenvalue weighted by Crippen LogP contribution is 2.32. The number of fused-ring (bicyclic) bond motifs is 1. The van der Waals surface area contributed by atoms with Crippen molar-refractivity contribution in [3.05, 3.63) is 34.5 Å². The fraction of sp³-hybridized carbons (Fsp3) is 0.562. The summed E-state index contributed by atoms with van der Waals surface area (Å²) in [6.45, 7) is 3.11. The van der Waals surface area contributed by atoms with Crippen molar-refractivity contribution in [2.45, 2.75) is 51.6 Å². The first-order valence-corrected chi connectivity index (χ1v) is 8.25. The third-order valence-electron chi connectivity index (χ3n) is 4.79. The summed E-state index contributed by atoms with van der Waals surface area (Å²) in [5.41, 5.74) is 4.33. The molecule has 1 saturated heterocycles. The van der Waals surface area contributed by atoms with Gasteiger partial charge in [0, 0.05) is 18.3 Å². The Morgan fingerprint density at radius 3 is 3.22 bits per heavy atom. The third-order valence-corrected chi connectivity index (χ3v) is 4.79. The number of urea groups is 1. The first kappa shape index (κ1) is 14.3. The Bertz CT molecular complexity index is 720. The third kappa shape index (κ3) is 2.60. The van der Waals surface area contributed by atoms with Crippen molar-refractivity contribution in [3.8, 4) is 0 Å². The summed E-state index contributed by atoms with van der Waals surface area (Å²) in [4.78, 5) is 14.4. The van der Waals surface area contributed by atoms with Gasteiger partial charge in [0.1, 0.15) is 0 Å². The Kier molecular flexibility index (Phi) is 3.55. The van der Waals surface area contributed by atoms with Gasteiger partial charge in [-0.3, -0.25) is 5.10 Å². The van der Waals surface area contributed by atoms with Crippen LogP contribution in [0.1, 0.15) is 53.7 Å². The highest BCUT2D eigenvalue weighted by molar-refractivity contribution is 5.75. The Morgan fingerprint density at radius 1 is 1.48 bits per heavy atom. The topological polar surface area (TPSA) is 87.0 Å². The number of aryl methyl sites for hydroxylation is 2. The maximum absolute atomic E-state index is 12.5. The van der Waals surface area contributed by atoms with E-state index in [1.807, 2.05) is 17.9 Å². The van der Waals surface area contributed by atoms with Crippen LogP contribution in [0.15, 0.2) is 10.6 Å². The number of hydrogen-bond donors (Lipinski definition) is 2. The minimum Gasteiger partial charge on any atom is -0.359 e. The second kappa shape index (κ2) is 5.72. The molecule has 7 nitrogen and oxygen atoms in total. The smallest absolute Gasteiger partial charge is 0.318 e. The summed E-state index contributed by atoms with van der Waals surface area (Å²) >= 11 is 0. The number of aromatic nitrogens is 3. The molecule has 0 saturated carbocycles. The van der Waals surface area contributed by atoms with Crippen LogP contribution in [0.25, 0.3) is 0 Å². The zero-order valence-electron chi connectivity index (χ0n) is 13.3. The van der Waals surface area contributed by atoms with E-state index < -0.39 is 0 Å². The van der Waals surface area contributed by atoms with E-state index in [1.54, 1.807) is 0 Å². The summed E-state index contributed by atoms with van der Waals surface area (Å²) in [6, 6.07) is 1.84. The average Bonchev–Trinajstić information content (AvgIpc) is 3.29. The van der Waals surface area contributed by atoms with Crippen molar-refractivity contribution < 1.29 is 9.32 Å². The lowest BCUT2D eigenvalue weighted by atomic mass is 10.1. The Balaban J connectivity index is 1.42. The minimum absolute atomic E-state index is 0.0129. The molecule has 1 fully saturated rings. The van der Waals surface area contributed by atoms with Gasteiger partial charge in [0.05, 0.1) is 24.0 Å². The van der Waals surface area contributed by atoms with Crippen LogP contribution in [0.4, 0.5) is 4.79 Å². The fourth-order valence-electron chi connectivity index (χ4n) is 3.64. The van der Waals surface area contributed by atoms with Gasteiger partial charge in [0.15, 0.2) is 5.76 Å². The summed E-state index contributed by atoms with van der Waals surface area (Å²) in [5.74, 6) is 0.774. The molecule has 1 atom stereocenters. The second-order valence-corrected chi connectivity index (χ2v) is 6.36. The lowest BCUT2D eigenvalue weighted by Gasteiger charge is -2.22. The van der Waals surface area contributed by atoms with Gasteiger partial charge < -0.3 is 14.7 Å². The van der Waals surface area contributed by atoms with E-state index in [0.717, 1.165) is 49.4 Å². The number of nitrogens with zero attached hydrogens (tertiary/aromatic N) is 3. The number of likely N-dealkylation sites (tertiary alicyclic amines) is 1. The number of hydrogen-bond acceptors (Lipinski definition) is 4. The predicted octanol–water partition coefficient (Wildman–Crippen LogP) is 2.24. The lowest BCUT2D eigenvalue weighted by Crippen LogP contribution is -2.39. The van der Waals surface area contributed by atoms with Gasteiger partial charge in [-0.05, 0) is 44.6 Å². The second-order valence-electron chi connectivity index (χ2n) is 6.36. The van der Waals surface area contributed by atoms with Crippen LogP contribution in [-0.4, -0.2) is 32.8 Å². The molecule has 23 heavy (non-hydrogen) atoms. The zero-order chi connectivity index (χ0) is 15.8. The maximum atomic E-state index is 12.5. The molecule has 0 bridgehead atoms. The molecule has 3 heterocycles. The summed E-state index contributed by atoms with van der Waals surface area (Å²) in [7, 11) is 0. The molecule has 2 N–H and O–H groups in total. The first-order chi connectivity index (χ1) is 11.2. The SMILES string of the molecule is Cc1cc(C2CCCN2C(=O)NCc2n[nH]c3c2CCC3)on1. The highest BCUT2D eigenvalue weighted by atomic mass is 16.5. The molecule has 4 rings (SSSR count). The largest absolute Gasteiger partial charge is 0.359 e. The molecular weight excluding hydrogens is 294 g/mol. The monoisotopic (exact) mass is 315 g/mol. The molecule has 1 unspecified atom stereocenters. The summed E-state index contributed by atoms with van der Waals surface area (Å²) < 4.78 is 5.35. The van der Waals surface area contributed by atoms with E-state index in [9.17, 15) is 4.79 Å². The number of nitrogens with one attached hydrogen (secondary N) is 2. The quantitative estimate of drug-likeness (QED) is 0.909. The Hall–Kier alpha value is -2.31. The standard InChI is InChI=1S/C16H21N5O2/c1-10-8-15(23-20-10)14-6-3-7-21(14)16(22)17-9-13-11-4-2-5-12(11)18-19-13/h8,14H,2-7,9H2,1H3,(H,17,22)(H,18,19).